The summed E-state index contributed by atoms with van der Waals surface area (Å²) in [6.45, 7) is 0. The van der Waals surface area contributed by atoms with E-state index in [0.717, 1.165) is 32.1 Å². The van der Waals surface area contributed by atoms with Crippen molar-refractivity contribution in [3.63, 3.8) is 0 Å². The summed E-state index contributed by atoms with van der Waals surface area (Å²) in [5, 5.41) is 8.98. The monoisotopic (exact) mass is 423 g/mol. The molecule has 0 radical (unpaired) electrons. The van der Waals surface area contributed by atoms with Crippen LogP contribution in [0.25, 0.3) is 22.0 Å². The Morgan fingerprint density at radius 1 is 1.15 bits per heavy atom. The number of fused-ring (bicyclic) bond motifs is 1. The van der Waals surface area contributed by atoms with E-state index >= 15 is 0 Å². The number of amides is 1. The van der Waals surface area contributed by atoms with Crippen LogP contribution in [0, 0.1) is 0 Å². The van der Waals surface area contributed by atoms with Crippen molar-refractivity contribution in [3.05, 3.63) is 81.1 Å². The second-order valence-electron chi connectivity index (χ2n) is 5.69. The van der Waals surface area contributed by atoms with E-state index in [9.17, 15) is 4.79 Å². The number of rotatable bonds is 4. The SMILES string of the molecule is O=C(N/N=C/c1ccsc1)c1[nH]c2ccc(Br)cc2c1-c1ccccc1. The maximum Gasteiger partial charge on any atom is 0.288 e. The zero-order valence-electron chi connectivity index (χ0n) is 13.6. The fourth-order valence-electron chi connectivity index (χ4n) is 2.81. The van der Waals surface area contributed by atoms with Crippen LogP contribution in [0.4, 0.5) is 0 Å². The molecule has 0 saturated carbocycles. The number of halogens is 1. The minimum absolute atomic E-state index is 0.275. The summed E-state index contributed by atoms with van der Waals surface area (Å²) < 4.78 is 0.962. The van der Waals surface area contributed by atoms with Crippen LogP contribution in [0.15, 0.2) is 74.9 Å². The number of thiophene rings is 1. The average Bonchev–Trinajstić information content (AvgIpc) is 3.29. The topological polar surface area (TPSA) is 57.2 Å². The van der Waals surface area contributed by atoms with E-state index < -0.39 is 0 Å². The largest absolute Gasteiger partial charge is 0.350 e. The van der Waals surface area contributed by atoms with E-state index in [1.807, 2.05) is 65.4 Å². The molecule has 0 saturated heterocycles. The number of nitrogens with one attached hydrogen (secondary N) is 2. The molecule has 4 nitrogen and oxygen atoms in total. The molecule has 2 aromatic heterocycles. The third kappa shape index (κ3) is 3.34. The number of H-pyrrole nitrogens is 1. The number of hydrogen-bond donors (Lipinski definition) is 2. The van der Waals surface area contributed by atoms with Gasteiger partial charge in [-0.05, 0) is 40.6 Å². The lowest BCUT2D eigenvalue weighted by Gasteiger charge is -2.04. The van der Waals surface area contributed by atoms with Crippen LogP contribution in [0.3, 0.4) is 0 Å². The number of carbonyl (C=O) groups is 1. The van der Waals surface area contributed by atoms with Gasteiger partial charge in [-0.15, -0.1) is 0 Å². The molecule has 6 heteroatoms. The number of aromatic nitrogens is 1. The van der Waals surface area contributed by atoms with E-state index in [1.165, 1.54) is 0 Å². The number of carbonyl (C=O) groups excluding carboxylic acids is 1. The molecule has 0 unspecified atom stereocenters. The van der Waals surface area contributed by atoms with Crippen molar-refractivity contribution in [2.45, 2.75) is 0 Å². The van der Waals surface area contributed by atoms with Gasteiger partial charge in [-0.1, -0.05) is 46.3 Å². The molecular formula is C20H14BrN3OS. The minimum Gasteiger partial charge on any atom is -0.350 e. The first-order chi connectivity index (χ1) is 12.7. The first kappa shape index (κ1) is 16.8. The fourth-order valence-corrected chi connectivity index (χ4v) is 3.78. The number of hydrazone groups is 1. The van der Waals surface area contributed by atoms with Gasteiger partial charge in [0.15, 0.2) is 0 Å². The van der Waals surface area contributed by atoms with E-state index in [1.54, 1.807) is 17.6 Å². The Morgan fingerprint density at radius 2 is 2.00 bits per heavy atom. The van der Waals surface area contributed by atoms with Crippen molar-refractivity contribution in [2.24, 2.45) is 5.10 Å². The summed E-state index contributed by atoms with van der Waals surface area (Å²) in [6, 6.07) is 17.7. The Morgan fingerprint density at radius 3 is 2.77 bits per heavy atom. The van der Waals surface area contributed by atoms with Gasteiger partial charge in [0.2, 0.25) is 0 Å². The number of nitrogens with zero attached hydrogens (tertiary/aromatic N) is 1. The highest BCUT2D eigenvalue weighted by Gasteiger charge is 2.19. The summed E-state index contributed by atoms with van der Waals surface area (Å²) in [6.07, 6.45) is 1.63. The predicted octanol–water partition coefficient (Wildman–Crippen LogP) is 5.42. The Bertz CT molecular complexity index is 1090. The van der Waals surface area contributed by atoms with E-state index in [4.69, 9.17) is 0 Å². The second kappa shape index (κ2) is 7.27. The van der Waals surface area contributed by atoms with Crippen LogP contribution in [0.2, 0.25) is 0 Å². The maximum absolute atomic E-state index is 12.8. The molecule has 0 aliphatic rings. The van der Waals surface area contributed by atoms with Gasteiger partial charge >= 0.3 is 0 Å². The Hall–Kier alpha value is -2.70. The molecule has 0 atom stereocenters. The smallest absolute Gasteiger partial charge is 0.288 e. The third-order valence-corrected chi connectivity index (χ3v) is 5.17. The molecule has 0 fully saturated rings. The summed E-state index contributed by atoms with van der Waals surface area (Å²) in [4.78, 5) is 16.0. The molecular weight excluding hydrogens is 410 g/mol. The predicted molar refractivity (Wildman–Crippen MR) is 111 cm³/mol. The molecule has 4 rings (SSSR count). The van der Waals surface area contributed by atoms with Gasteiger partial charge in [0.05, 0.1) is 6.21 Å². The van der Waals surface area contributed by atoms with Crippen molar-refractivity contribution in [2.75, 3.05) is 0 Å². The summed E-state index contributed by atoms with van der Waals surface area (Å²) in [5.41, 5.74) is 6.81. The lowest BCUT2D eigenvalue weighted by atomic mass is 10.0. The van der Waals surface area contributed by atoms with E-state index in [0.29, 0.717) is 5.69 Å². The zero-order chi connectivity index (χ0) is 17.9. The lowest BCUT2D eigenvalue weighted by molar-refractivity contribution is 0.0951. The fraction of sp³-hybridized carbons (Fsp3) is 0. The molecule has 2 heterocycles. The number of hydrogen-bond acceptors (Lipinski definition) is 3. The summed E-state index contributed by atoms with van der Waals surface area (Å²) in [5.74, 6) is -0.275. The first-order valence-electron chi connectivity index (χ1n) is 7.94. The highest BCUT2D eigenvalue weighted by atomic mass is 79.9. The molecule has 4 aromatic rings. The summed E-state index contributed by atoms with van der Waals surface area (Å²) >= 11 is 5.10. The van der Waals surface area contributed by atoms with Gasteiger partial charge < -0.3 is 4.98 Å². The molecule has 2 N–H and O–H groups in total. The van der Waals surface area contributed by atoms with Crippen LogP contribution in [0.5, 0.6) is 0 Å². The van der Waals surface area contributed by atoms with Gasteiger partial charge in [0.25, 0.3) is 5.91 Å². The Balaban J connectivity index is 1.75. The van der Waals surface area contributed by atoms with Gasteiger partial charge in [-0.3, -0.25) is 4.79 Å². The molecule has 0 spiro atoms. The maximum atomic E-state index is 12.8. The lowest BCUT2D eigenvalue weighted by Crippen LogP contribution is -2.18. The number of benzene rings is 2. The molecule has 0 aliphatic heterocycles. The van der Waals surface area contributed by atoms with Crippen LogP contribution in [0.1, 0.15) is 16.1 Å². The molecule has 2 aromatic carbocycles. The van der Waals surface area contributed by atoms with Crippen LogP contribution < -0.4 is 5.43 Å². The van der Waals surface area contributed by atoms with E-state index in [2.05, 4.69) is 31.4 Å². The molecule has 128 valence electrons. The average molecular weight is 424 g/mol. The second-order valence-corrected chi connectivity index (χ2v) is 7.38. The third-order valence-electron chi connectivity index (χ3n) is 3.97. The van der Waals surface area contributed by atoms with Gasteiger partial charge in [0, 0.05) is 26.5 Å². The standard InChI is InChI=1S/C20H14BrN3OS/c21-15-6-7-17-16(10-15)18(14-4-2-1-3-5-14)19(23-17)20(25)24-22-11-13-8-9-26-12-13/h1-12,23H,(H,24,25)/b22-11+. The van der Waals surface area contributed by atoms with Gasteiger partial charge in [-0.25, -0.2) is 5.43 Å². The zero-order valence-corrected chi connectivity index (χ0v) is 16.0. The molecule has 0 bridgehead atoms. The van der Waals surface area contributed by atoms with Crippen LogP contribution in [-0.4, -0.2) is 17.1 Å². The Kier molecular flexibility index (Phi) is 4.69. The quantitative estimate of drug-likeness (QED) is 0.334. The van der Waals surface area contributed by atoms with Gasteiger partial charge in [-0.2, -0.15) is 16.4 Å². The van der Waals surface area contributed by atoms with Crippen molar-refractivity contribution >= 4 is 50.3 Å². The van der Waals surface area contributed by atoms with Crippen molar-refractivity contribution in [3.8, 4) is 11.1 Å². The highest BCUT2D eigenvalue weighted by Crippen LogP contribution is 2.34. The van der Waals surface area contributed by atoms with Crippen molar-refractivity contribution < 1.29 is 4.79 Å². The normalized spacial score (nSPS) is 11.3. The Labute approximate surface area is 162 Å². The summed E-state index contributed by atoms with van der Waals surface area (Å²) in [7, 11) is 0. The minimum atomic E-state index is -0.275. The van der Waals surface area contributed by atoms with Crippen molar-refractivity contribution in [1.29, 1.82) is 0 Å². The van der Waals surface area contributed by atoms with Crippen molar-refractivity contribution in [1.82, 2.24) is 10.4 Å². The van der Waals surface area contributed by atoms with Gasteiger partial charge in [0.1, 0.15) is 5.69 Å². The number of aromatic amines is 1. The highest BCUT2D eigenvalue weighted by molar-refractivity contribution is 9.10. The van der Waals surface area contributed by atoms with Crippen LogP contribution >= 0.6 is 27.3 Å². The molecule has 26 heavy (non-hydrogen) atoms. The van der Waals surface area contributed by atoms with E-state index in [-0.39, 0.29) is 5.91 Å². The molecule has 1 amide bonds. The van der Waals surface area contributed by atoms with Crippen LogP contribution in [-0.2, 0) is 0 Å². The molecule has 0 aliphatic carbocycles. The first-order valence-corrected chi connectivity index (χ1v) is 9.68.